The Bertz CT molecular complexity index is 1280. The second-order valence-corrected chi connectivity index (χ2v) is 8.01. The number of aromatic nitrogens is 2. The minimum atomic E-state index is -0.420. The molecule has 1 N–H and O–H groups in total. The molecule has 1 aromatic carbocycles. The maximum absolute atomic E-state index is 11.0. The molecule has 0 amide bonds. The van der Waals surface area contributed by atoms with E-state index >= 15 is 0 Å². The molecule has 1 aliphatic rings. The monoisotopic (exact) mass is 457 g/mol. The van der Waals surface area contributed by atoms with E-state index in [9.17, 15) is 10.1 Å². The van der Waals surface area contributed by atoms with Crippen LogP contribution >= 0.6 is 12.2 Å². The normalized spacial score (nSPS) is 17.7. The van der Waals surface area contributed by atoms with Crippen LogP contribution in [0.3, 0.4) is 0 Å². The topological polar surface area (TPSA) is 97.3 Å². The summed E-state index contributed by atoms with van der Waals surface area (Å²) in [5, 5.41) is 15.0. The number of nitro groups is 1. The highest BCUT2D eigenvalue weighted by atomic mass is 32.1. The third-order valence-electron chi connectivity index (χ3n) is 5.55. The van der Waals surface area contributed by atoms with E-state index < -0.39 is 4.92 Å². The van der Waals surface area contributed by atoms with Crippen LogP contribution in [0.1, 0.15) is 29.1 Å². The zero-order valence-electron chi connectivity index (χ0n) is 17.4. The van der Waals surface area contributed by atoms with Crippen LogP contribution in [0.2, 0.25) is 0 Å². The van der Waals surface area contributed by atoms with Crippen LogP contribution in [0.15, 0.2) is 89.7 Å². The Morgan fingerprint density at radius 3 is 2.61 bits per heavy atom. The maximum atomic E-state index is 11.0. The van der Waals surface area contributed by atoms with Crippen LogP contribution in [0.25, 0.3) is 11.3 Å². The van der Waals surface area contributed by atoms with Crippen LogP contribution < -0.4 is 5.32 Å². The first-order chi connectivity index (χ1) is 16.1. The SMILES string of the molecule is O=[N+]([O-])c1ccc(-c2ccc([C@H]3[C@H](c4ccccn4)NC(=S)N3Cc3cccnc3)o2)cc1. The number of thiocarbonyl (C=S) groups is 1. The summed E-state index contributed by atoms with van der Waals surface area (Å²) in [6.45, 7) is 0.557. The fraction of sp³-hybridized carbons (Fsp3) is 0.125. The number of rotatable bonds is 6. The molecule has 0 aliphatic carbocycles. The Hall–Kier alpha value is -4.11. The van der Waals surface area contributed by atoms with Crippen molar-refractivity contribution in [2.45, 2.75) is 18.6 Å². The van der Waals surface area contributed by atoms with E-state index in [-0.39, 0.29) is 17.8 Å². The smallest absolute Gasteiger partial charge is 0.269 e. The van der Waals surface area contributed by atoms with Crippen LogP contribution in [0.5, 0.6) is 0 Å². The first-order valence-electron chi connectivity index (χ1n) is 10.3. The van der Waals surface area contributed by atoms with Crippen LogP contribution in [-0.4, -0.2) is 24.9 Å². The van der Waals surface area contributed by atoms with Crippen molar-refractivity contribution in [2.24, 2.45) is 0 Å². The molecule has 1 fully saturated rings. The Morgan fingerprint density at radius 2 is 1.91 bits per heavy atom. The molecule has 0 spiro atoms. The van der Waals surface area contributed by atoms with Crippen LogP contribution in [-0.2, 0) is 6.54 Å². The number of pyridine rings is 2. The van der Waals surface area contributed by atoms with Gasteiger partial charge in [-0.1, -0.05) is 12.1 Å². The molecule has 4 heterocycles. The van der Waals surface area contributed by atoms with E-state index in [1.54, 1.807) is 24.5 Å². The molecular weight excluding hydrogens is 438 g/mol. The lowest BCUT2D eigenvalue weighted by atomic mass is 10.0. The highest BCUT2D eigenvalue weighted by Crippen LogP contribution is 2.41. The summed E-state index contributed by atoms with van der Waals surface area (Å²) in [5.41, 5.74) is 2.67. The zero-order chi connectivity index (χ0) is 22.8. The molecule has 3 aromatic heterocycles. The molecule has 1 saturated heterocycles. The van der Waals surface area contributed by atoms with Gasteiger partial charge in [0.1, 0.15) is 17.6 Å². The number of hydrogen-bond acceptors (Lipinski definition) is 6. The number of nitrogens with zero attached hydrogens (tertiary/aromatic N) is 4. The number of non-ortho nitro benzene ring substituents is 1. The van der Waals surface area contributed by atoms with Gasteiger partial charge in [0.05, 0.1) is 16.7 Å². The lowest BCUT2D eigenvalue weighted by Gasteiger charge is -2.26. The number of nitrogens with one attached hydrogen (secondary N) is 1. The average molecular weight is 458 g/mol. The van der Waals surface area contributed by atoms with Crippen molar-refractivity contribution in [1.29, 1.82) is 0 Å². The summed E-state index contributed by atoms with van der Waals surface area (Å²) in [7, 11) is 0. The number of nitro benzene ring substituents is 1. The molecule has 0 radical (unpaired) electrons. The fourth-order valence-corrected chi connectivity index (χ4v) is 4.29. The van der Waals surface area contributed by atoms with Gasteiger partial charge in [0, 0.05) is 42.8 Å². The quantitative estimate of drug-likeness (QED) is 0.250. The molecule has 33 heavy (non-hydrogen) atoms. The van der Waals surface area contributed by atoms with E-state index in [0.29, 0.717) is 17.4 Å². The van der Waals surface area contributed by atoms with Gasteiger partial charge in [-0.05, 0) is 60.2 Å². The van der Waals surface area contributed by atoms with Gasteiger partial charge in [-0.25, -0.2) is 0 Å². The van der Waals surface area contributed by atoms with Crippen molar-refractivity contribution in [3.05, 3.63) is 112 Å². The van der Waals surface area contributed by atoms with E-state index in [1.165, 1.54) is 12.1 Å². The van der Waals surface area contributed by atoms with Crippen molar-refractivity contribution < 1.29 is 9.34 Å². The van der Waals surface area contributed by atoms with Crippen molar-refractivity contribution >= 4 is 23.0 Å². The first kappa shape index (κ1) is 20.8. The fourth-order valence-electron chi connectivity index (χ4n) is 3.99. The number of hydrogen-bond donors (Lipinski definition) is 1. The molecule has 5 rings (SSSR count). The minimum absolute atomic E-state index is 0.0359. The predicted octanol–water partition coefficient (Wildman–Crippen LogP) is 4.82. The van der Waals surface area contributed by atoms with Crippen molar-refractivity contribution in [1.82, 2.24) is 20.2 Å². The van der Waals surface area contributed by atoms with Gasteiger partial charge in [-0.3, -0.25) is 20.1 Å². The standard InChI is InChI=1S/C24H19N5O3S/c30-29(31)18-8-6-17(7-9-18)20-10-11-21(32-20)23-22(19-5-1-2-13-26-19)27-24(33)28(23)15-16-4-3-12-25-14-16/h1-14,22-23H,15H2,(H,27,33)/t22-,23-/m0/s1. The summed E-state index contributed by atoms with van der Waals surface area (Å²) in [6, 6.07) is 19.3. The summed E-state index contributed by atoms with van der Waals surface area (Å²) in [6.07, 6.45) is 5.31. The predicted molar refractivity (Wildman–Crippen MR) is 126 cm³/mol. The van der Waals surface area contributed by atoms with Crippen molar-refractivity contribution in [3.63, 3.8) is 0 Å². The maximum Gasteiger partial charge on any atom is 0.269 e. The molecule has 2 atom stereocenters. The first-order valence-corrected chi connectivity index (χ1v) is 10.7. The highest BCUT2D eigenvalue weighted by Gasteiger charge is 2.41. The largest absolute Gasteiger partial charge is 0.459 e. The molecule has 0 saturated carbocycles. The molecule has 164 valence electrons. The van der Waals surface area contributed by atoms with Crippen LogP contribution in [0.4, 0.5) is 5.69 Å². The van der Waals surface area contributed by atoms with Gasteiger partial charge in [-0.15, -0.1) is 0 Å². The molecule has 0 unspecified atom stereocenters. The van der Waals surface area contributed by atoms with Crippen molar-refractivity contribution in [3.8, 4) is 11.3 Å². The Kier molecular flexibility index (Phi) is 5.54. The second-order valence-electron chi connectivity index (χ2n) is 7.62. The van der Waals surface area contributed by atoms with Crippen molar-refractivity contribution in [2.75, 3.05) is 0 Å². The third kappa shape index (κ3) is 4.18. The molecular formula is C24H19N5O3S. The second kappa shape index (κ2) is 8.79. The lowest BCUT2D eigenvalue weighted by Crippen LogP contribution is -2.29. The van der Waals surface area contributed by atoms with Gasteiger partial charge in [0.15, 0.2) is 5.11 Å². The molecule has 0 bridgehead atoms. The lowest BCUT2D eigenvalue weighted by molar-refractivity contribution is -0.384. The Labute approximate surface area is 195 Å². The average Bonchev–Trinajstić information content (AvgIpc) is 3.45. The molecule has 8 nitrogen and oxygen atoms in total. The zero-order valence-corrected chi connectivity index (χ0v) is 18.2. The summed E-state index contributed by atoms with van der Waals surface area (Å²) >= 11 is 5.69. The number of furan rings is 1. The van der Waals surface area contributed by atoms with E-state index in [2.05, 4.69) is 20.2 Å². The van der Waals surface area contributed by atoms with Gasteiger partial charge < -0.3 is 14.6 Å². The van der Waals surface area contributed by atoms with Gasteiger partial charge >= 0.3 is 0 Å². The van der Waals surface area contributed by atoms with Gasteiger partial charge in [-0.2, -0.15) is 0 Å². The summed E-state index contributed by atoms with van der Waals surface area (Å²) < 4.78 is 6.27. The van der Waals surface area contributed by atoms with Crippen LogP contribution in [0, 0.1) is 10.1 Å². The van der Waals surface area contributed by atoms with E-state index in [0.717, 1.165) is 22.6 Å². The summed E-state index contributed by atoms with van der Waals surface area (Å²) in [5.74, 6) is 1.34. The number of benzene rings is 1. The molecule has 4 aromatic rings. The van der Waals surface area contributed by atoms with E-state index in [4.69, 9.17) is 16.6 Å². The van der Waals surface area contributed by atoms with Gasteiger partial charge in [0.25, 0.3) is 5.69 Å². The minimum Gasteiger partial charge on any atom is -0.459 e. The Morgan fingerprint density at radius 1 is 1.06 bits per heavy atom. The van der Waals surface area contributed by atoms with Gasteiger partial charge in [0.2, 0.25) is 0 Å². The summed E-state index contributed by atoms with van der Waals surface area (Å²) in [4.78, 5) is 21.4. The molecule has 1 aliphatic heterocycles. The third-order valence-corrected chi connectivity index (χ3v) is 5.91. The van der Waals surface area contributed by atoms with E-state index in [1.807, 2.05) is 48.7 Å². The highest BCUT2D eigenvalue weighted by molar-refractivity contribution is 7.80. The Balaban J connectivity index is 1.51. The molecule has 9 heteroatoms.